The minimum atomic E-state index is -0.792. The number of hydrogen-bond donors (Lipinski definition) is 0. The summed E-state index contributed by atoms with van der Waals surface area (Å²) in [4.78, 5) is 14.6. The zero-order chi connectivity index (χ0) is 23.7. The SMILES string of the molecule is CC(=O)N1N=C(c2cc(F)ccc2F)S[C@@]12c1ccccc1CCC[C@H]2CCN1CCOCC1. The first-order valence-corrected chi connectivity index (χ1v) is 12.7. The van der Waals surface area contributed by atoms with Gasteiger partial charge in [0, 0.05) is 25.6 Å². The molecule has 8 heteroatoms. The van der Waals surface area contributed by atoms with Crippen molar-refractivity contribution in [2.75, 3.05) is 32.8 Å². The van der Waals surface area contributed by atoms with Gasteiger partial charge in [-0.25, -0.2) is 13.8 Å². The molecular formula is C26H29F2N3O2S. The highest BCUT2D eigenvalue weighted by Crippen LogP contribution is 2.56. The first-order chi connectivity index (χ1) is 16.5. The summed E-state index contributed by atoms with van der Waals surface area (Å²) in [6.45, 7) is 5.67. The molecule has 0 radical (unpaired) electrons. The van der Waals surface area contributed by atoms with E-state index < -0.39 is 16.5 Å². The molecule has 5 rings (SSSR count). The van der Waals surface area contributed by atoms with E-state index in [9.17, 15) is 13.6 Å². The van der Waals surface area contributed by atoms with Crippen LogP contribution in [0.25, 0.3) is 0 Å². The molecule has 2 heterocycles. The summed E-state index contributed by atoms with van der Waals surface area (Å²) >= 11 is 1.40. The largest absolute Gasteiger partial charge is 0.379 e. The lowest BCUT2D eigenvalue weighted by molar-refractivity contribution is -0.134. The second-order valence-corrected chi connectivity index (χ2v) is 10.4. The normalized spacial score (nSPS) is 25.2. The maximum atomic E-state index is 14.8. The van der Waals surface area contributed by atoms with Crippen molar-refractivity contribution in [3.8, 4) is 0 Å². The summed E-state index contributed by atoms with van der Waals surface area (Å²) < 4.78 is 34.4. The Kier molecular flexibility index (Phi) is 6.73. The molecule has 0 N–H and O–H groups in total. The van der Waals surface area contributed by atoms with Crippen LogP contribution in [0.3, 0.4) is 0 Å². The molecule has 5 nitrogen and oxygen atoms in total. The van der Waals surface area contributed by atoms with Crippen molar-refractivity contribution < 1.29 is 18.3 Å². The van der Waals surface area contributed by atoms with Crippen LogP contribution in [0.1, 0.15) is 42.9 Å². The van der Waals surface area contributed by atoms with Gasteiger partial charge in [0.1, 0.15) is 21.5 Å². The second kappa shape index (κ2) is 9.76. The molecule has 180 valence electrons. The zero-order valence-electron chi connectivity index (χ0n) is 19.3. The van der Waals surface area contributed by atoms with Crippen LogP contribution in [0.4, 0.5) is 8.78 Å². The van der Waals surface area contributed by atoms with E-state index in [1.54, 1.807) is 5.01 Å². The number of amides is 1. The number of thioether (sulfide) groups is 1. The predicted molar refractivity (Wildman–Crippen MR) is 129 cm³/mol. The molecule has 2 aliphatic heterocycles. The van der Waals surface area contributed by atoms with Crippen molar-refractivity contribution >= 4 is 22.7 Å². The minimum absolute atomic E-state index is 0.0989. The average molecular weight is 486 g/mol. The van der Waals surface area contributed by atoms with Gasteiger partial charge in [0.05, 0.1) is 13.2 Å². The number of hydrogen-bond acceptors (Lipinski definition) is 5. The summed E-state index contributed by atoms with van der Waals surface area (Å²) in [5.41, 5.74) is 2.34. The Morgan fingerprint density at radius 1 is 1.21 bits per heavy atom. The lowest BCUT2D eigenvalue weighted by Crippen LogP contribution is -2.47. The van der Waals surface area contributed by atoms with Crippen molar-refractivity contribution in [3.05, 3.63) is 70.8 Å². The highest BCUT2D eigenvalue weighted by atomic mass is 32.2. The quantitative estimate of drug-likeness (QED) is 0.627. The fraction of sp³-hybridized carbons (Fsp3) is 0.462. The third-order valence-electron chi connectivity index (χ3n) is 7.07. The van der Waals surface area contributed by atoms with E-state index in [-0.39, 0.29) is 17.4 Å². The van der Waals surface area contributed by atoms with Crippen molar-refractivity contribution in [1.29, 1.82) is 0 Å². The monoisotopic (exact) mass is 485 g/mol. The summed E-state index contributed by atoms with van der Waals surface area (Å²) in [5.74, 6) is -1.17. The van der Waals surface area contributed by atoms with Crippen molar-refractivity contribution in [3.63, 3.8) is 0 Å². The van der Waals surface area contributed by atoms with Crippen molar-refractivity contribution in [2.24, 2.45) is 11.0 Å². The molecule has 1 fully saturated rings. The summed E-state index contributed by atoms with van der Waals surface area (Å²) in [6, 6.07) is 11.6. The third-order valence-corrected chi connectivity index (χ3v) is 8.60. The van der Waals surface area contributed by atoms with E-state index in [1.807, 2.05) is 12.1 Å². The summed E-state index contributed by atoms with van der Waals surface area (Å²) in [5, 5.41) is 6.54. The molecule has 0 aromatic heterocycles. The number of hydrazone groups is 1. The maximum absolute atomic E-state index is 14.8. The van der Waals surface area contributed by atoms with Crippen LogP contribution in [-0.2, 0) is 20.8 Å². The number of halogens is 2. The number of fused-ring (bicyclic) bond motifs is 2. The Morgan fingerprint density at radius 2 is 2.00 bits per heavy atom. The third kappa shape index (κ3) is 4.27. The number of nitrogens with zero attached hydrogens (tertiary/aromatic N) is 3. The van der Waals surface area contributed by atoms with Crippen LogP contribution in [0, 0.1) is 17.6 Å². The van der Waals surface area contributed by atoms with Crippen LogP contribution in [0.5, 0.6) is 0 Å². The van der Waals surface area contributed by atoms with Gasteiger partial charge in [-0.15, -0.1) is 0 Å². The topological polar surface area (TPSA) is 45.1 Å². The molecule has 1 aliphatic carbocycles. The predicted octanol–water partition coefficient (Wildman–Crippen LogP) is 4.75. The number of benzene rings is 2. The summed E-state index contributed by atoms with van der Waals surface area (Å²) in [7, 11) is 0. The molecule has 0 bridgehead atoms. The number of morpholine rings is 1. The molecule has 2 atom stereocenters. The van der Waals surface area contributed by atoms with Gasteiger partial charge < -0.3 is 4.74 Å². The summed E-state index contributed by atoms with van der Waals surface area (Å²) in [6.07, 6.45) is 3.72. The van der Waals surface area contributed by atoms with Crippen molar-refractivity contribution in [2.45, 2.75) is 37.5 Å². The van der Waals surface area contributed by atoms with Gasteiger partial charge in [0.15, 0.2) is 0 Å². The Hall–Kier alpha value is -2.29. The number of ether oxygens (including phenoxy) is 1. The van der Waals surface area contributed by atoms with Gasteiger partial charge in [0.2, 0.25) is 5.91 Å². The average Bonchev–Trinajstić information content (AvgIpc) is 3.18. The van der Waals surface area contributed by atoms with E-state index in [2.05, 4.69) is 22.1 Å². The Morgan fingerprint density at radius 3 is 2.79 bits per heavy atom. The minimum Gasteiger partial charge on any atom is -0.379 e. The van der Waals surface area contributed by atoms with Crippen LogP contribution >= 0.6 is 11.8 Å². The highest BCUT2D eigenvalue weighted by molar-refractivity contribution is 8.15. The lowest BCUT2D eigenvalue weighted by Gasteiger charge is -2.42. The van der Waals surface area contributed by atoms with E-state index in [0.717, 1.165) is 76.2 Å². The van der Waals surface area contributed by atoms with E-state index in [4.69, 9.17) is 4.74 Å². The van der Waals surface area contributed by atoms with Crippen LogP contribution in [0.15, 0.2) is 47.6 Å². The van der Waals surface area contributed by atoms with Crippen LogP contribution < -0.4 is 0 Å². The van der Waals surface area contributed by atoms with Gasteiger partial charge >= 0.3 is 0 Å². The molecule has 1 amide bonds. The zero-order valence-corrected chi connectivity index (χ0v) is 20.1. The number of aryl methyl sites for hydroxylation is 1. The van der Waals surface area contributed by atoms with E-state index >= 15 is 0 Å². The lowest BCUT2D eigenvalue weighted by atomic mass is 9.86. The molecule has 2 aromatic rings. The smallest absolute Gasteiger partial charge is 0.241 e. The van der Waals surface area contributed by atoms with Gasteiger partial charge in [-0.2, -0.15) is 5.10 Å². The first kappa shape index (κ1) is 23.5. The van der Waals surface area contributed by atoms with Gasteiger partial charge in [0.25, 0.3) is 0 Å². The molecule has 2 aromatic carbocycles. The number of rotatable bonds is 4. The molecule has 3 aliphatic rings. The highest BCUT2D eigenvalue weighted by Gasteiger charge is 2.54. The first-order valence-electron chi connectivity index (χ1n) is 11.9. The standard InChI is InChI=1S/C26H29F2N3O2S/c1-18(32)31-26(34-25(29-31)22-17-21(27)9-10-24(22)28)20(11-12-30-13-15-33-16-14-30)7-4-6-19-5-2-3-8-23(19)26/h2-3,5,8-10,17,20H,4,6-7,11-16H2,1H3/t20-,26-/m0/s1. The molecular weight excluding hydrogens is 456 g/mol. The van der Waals surface area contributed by atoms with Gasteiger partial charge in [-0.05, 0) is 67.5 Å². The molecule has 0 saturated carbocycles. The second-order valence-electron chi connectivity index (χ2n) is 9.15. The van der Waals surface area contributed by atoms with Crippen molar-refractivity contribution in [1.82, 2.24) is 9.91 Å². The maximum Gasteiger partial charge on any atom is 0.241 e. The Bertz CT molecular complexity index is 1110. The Labute approximate surface area is 203 Å². The van der Waals surface area contributed by atoms with E-state index in [1.165, 1.54) is 30.3 Å². The molecule has 0 unspecified atom stereocenters. The fourth-order valence-electron chi connectivity index (χ4n) is 5.42. The van der Waals surface area contributed by atoms with Crippen LogP contribution in [0.2, 0.25) is 0 Å². The van der Waals surface area contributed by atoms with Crippen LogP contribution in [-0.4, -0.2) is 53.7 Å². The van der Waals surface area contributed by atoms with Gasteiger partial charge in [-0.1, -0.05) is 36.0 Å². The Balaban J connectivity index is 1.58. The molecule has 1 spiro atoms. The number of carbonyl (C=O) groups is 1. The number of carbonyl (C=O) groups excluding carboxylic acids is 1. The van der Waals surface area contributed by atoms with Gasteiger partial charge in [-0.3, -0.25) is 9.69 Å². The van der Waals surface area contributed by atoms with E-state index in [0.29, 0.717) is 5.04 Å². The molecule has 34 heavy (non-hydrogen) atoms. The fourth-order valence-corrected chi connectivity index (χ4v) is 7.07. The molecule has 1 saturated heterocycles.